The van der Waals surface area contributed by atoms with Crippen LogP contribution in [0.15, 0.2) is 30.5 Å². The second-order valence-electron chi connectivity index (χ2n) is 5.38. The molecule has 0 spiro atoms. The Balaban J connectivity index is 1.73. The summed E-state index contributed by atoms with van der Waals surface area (Å²) >= 11 is 7.58. The number of hydrogen-bond acceptors (Lipinski definition) is 4. The van der Waals surface area contributed by atoms with Crippen LogP contribution in [-0.2, 0) is 0 Å². The first-order chi connectivity index (χ1) is 10.6. The highest BCUT2D eigenvalue weighted by Crippen LogP contribution is 2.27. The predicted octanol–water partition coefficient (Wildman–Crippen LogP) is 2.33. The highest BCUT2D eigenvalue weighted by molar-refractivity contribution is 7.99. The van der Waals surface area contributed by atoms with Crippen LogP contribution in [0.25, 0.3) is 11.3 Å². The zero-order valence-electron chi connectivity index (χ0n) is 11.8. The van der Waals surface area contributed by atoms with Crippen LogP contribution in [0.1, 0.15) is 16.8 Å². The van der Waals surface area contributed by atoms with Crippen molar-refractivity contribution in [2.45, 2.75) is 12.0 Å². The molecule has 0 radical (unpaired) electrons. The lowest BCUT2D eigenvalue weighted by Crippen LogP contribution is -2.43. The summed E-state index contributed by atoms with van der Waals surface area (Å²) in [6, 6.07) is 7.18. The van der Waals surface area contributed by atoms with Crippen molar-refractivity contribution in [3.63, 3.8) is 0 Å². The number of benzene rings is 1. The van der Waals surface area contributed by atoms with E-state index in [2.05, 4.69) is 15.5 Å². The van der Waals surface area contributed by atoms with Gasteiger partial charge in [-0.15, -0.1) is 0 Å². The molecule has 7 heteroatoms. The first-order valence-electron chi connectivity index (χ1n) is 6.95. The highest BCUT2D eigenvalue weighted by atomic mass is 35.5. The molecule has 1 aromatic heterocycles. The van der Waals surface area contributed by atoms with E-state index in [-0.39, 0.29) is 12.5 Å². The minimum atomic E-state index is -0.801. The monoisotopic (exact) mass is 337 g/mol. The van der Waals surface area contributed by atoms with Crippen molar-refractivity contribution in [1.82, 2.24) is 15.5 Å². The van der Waals surface area contributed by atoms with Gasteiger partial charge in [0.25, 0.3) is 5.91 Å². The van der Waals surface area contributed by atoms with E-state index < -0.39 is 5.60 Å². The van der Waals surface area contributed by atoms with E-state index in [9.17, 15) is 9.90 Å². The molecule has 1 aromatic carbocycles. The van der Waals surface area contributed by atoms with Crippen LogP contribution in [0.2, 0.25) is 5.02 Å². The number of rotatable bonds is 4. The van der Waals surface area contributed by atoms with Gasteiger partial charge in [0, 0.05) is 22.9 Å². The van der Waals surface area contributed by atoms with Crippen LogP contribution in [0.4, 0.5) is 0 Å². The van der Waals surface area contributed by atoms with Gasteiger partial charge in [-0.3, -0.25) is 9.89 Å². The van der Waals surface area contributed by atoms with E-state index in [4.69, 9.17) is 11.6 Å². The molecule has 116 valence electrons. The van der Waals surface area contributed by atoms with Crippen molar-refractivity contribution in [2.24, 2.45) is 0 Å². The topological polar surface area (TPSA) is 78.0 Å². The molecule has 2 aromatic rings. The van der Waals surface area contributed by atoms with Crippen LogP contribution in [0, 0.1) is 0 Å². The van der Waals surface area contributed by atoms with Gasteiger partial charge in [0.2, 0.25) is 0 Å². The Morgan fingerprint density at radius 3 is 2.91 bits per heavy atom. The molecule has 1 aliphatic heterocycles. The SMILES string of the molecule is O=C(NCC1(O)CCSC1)c1cn[nH]c1-c1ccc(Cl)cc1. The van der Waals surface area contributed by atoms with Crippen LogP contribution in [0.5, 0.6) is 0 Å². The minimum Gasteiger partial charge on any atom is -0.387 e. The van der Waals surface area contributed by atoms with Gasteiger partial charge in [0.1, 0.15) is 0 Å². The summed E-state index contributed by atoms with van der Waals surface area (Å²) in [4.78, 5) is 12.4. The number of aromatic nitrogens is 2. The van der Waals surface area contributed by atoms with E-state index in [1.165, 1.54) is 6.20 Å². The summed E-state index contributed by atoms with van der Waals surface area (Å²) in [6.07, 6.45) is 2.19. The summed E-state index contributed by atoms with van der Waals surface area (Å²) in [7, 11) is 0. The van der Waals surface area contributed by atoms with Crippen molar-refractivity contribution < 1.29 is 9.90 Å². The molecule has 0 saturated carbocycles. The molecule has 1 atom stereocenters. The van der Waals surface area contributed by atoms with Crippen molar-refractivity contribution in [1.29, 1.82) is 0 Å². The number of aliphatic hydroxyl groups is 1. The number of hydrogen-bond donors (Lipinski definition) is 3. The van der Waals surface area contributed by atoms with Crippen molar-refractivity contribution in [3.8, 4) is 11.3 Å². The number of H-pyrrole nitrogens is 1. The number of halogens is 1. The normalized spacial score (nSPS) is 21.0. The number of nitrogens with zero attached hydrogens (tertiary/aromatic N) is 1. The van der Waals surface area contributed by atoms with Gasteiger partial charge in [-0.25, -0.2) is 0 Å². The molecule has 5 nitrogen and oxygen atoms in total. The van der Waals surface area contributed by atoms with E-state index in [1.54, 1.807) is 23.9 Å². The van der Waals surface area contributed by atoms with Gasteiger partial charge >= 0.3 is 0 Å². The number of aromatic amines is 1. The van der Waals surface area contributed by atoms with E-state index in [0.29, 0.717) is 28.5 Å². The lowest BCUT2D eigenvalue weighted by atomic mass is 10.0. The Hall–Kier alpha value is -1.50. The number of thioether (sulfide) groups is 1. The maximum Gasteiger partial charge on any atom is 0.255 e. The fraction of sp³-hybridized carbons (Fsp3) is 0.333. The maximum absolute atomic E-state index is 12.4. The summed E-state index contributed by atoms with van der Waals surface area (Å²) in [5.74, 6) is 1.33. The highest BCUT2D eigenvalue weighted by Gasteiger charge is 2.32. The average Bonchev–Trinajstić information content (AvgIpc) is 3.15. The number of carbonyl (C=O) groups is 1. The lowest BCUT2D eigenvalue weighted by Gasteiger charge is -2.21. The first-order valence-corrected chi connectivity index (χ1v) is 8.48. The fourth-order valence-electron chi connectivity index (χ4n) is 2.37. The molecule has 1 unspecified atom stereocenters. The Labute approximate surface area is 137 Å². The second-order valence-corrected chi connectivity index (χ2v) is 6.92. The fourth-order valence-corrected chi connectivity index (χ4v) is 3.79. The van der Waals surface area contributed by atoms with Crippen molar-refractivity contribution in [2.75, 3.05) is 18.1 Å². The van der Waals surface area contributed by atoms with Gasteiger partial charge in [-0.2, -0.15) is 16.9 Å². The molecular weight excluding hydrogens is 322 g/mol. The third-order valence-electron chi connectivity index (χ3n) is 3.68. The number of carbonyl (C=O) groups excluding carboxylic acids is 1. The van der Waals surface area contributed by atoms with E-state index >= 15 is 0 Å². The van der Waals surface area contributed by atoms with Crippen LogP contribution < -0.4 is 5.32 Å². The summed E-state index contributed by atoms with van der Waals surface area (Å²) in [5, 5.41) is 20.5. The van der Waals surface area contributed by atoms with Crippen LogP contribution in [-0.4, -0.2) is 44.9 Å². The van der Waals surface area contributed by atoms with Gasteiger partial charge in [0.15, 0.2) is 0 Å². The Morgan fingerprint density at radius 1 is 1.45 bits per heavy atom. The van der Waals surface area contributed by atoms with Gasteiger partial charge < -0.3 is 10.4 Å². The molecule has 3 N–H and O–H groups in total. The van der Waals surface area contributed by atoms with E-state index in [0.717, 1.165) is 11.3 Å². The van der Waals surface area contributed by atoms with Crippen LogP contribution >= 0.6 is 23.4 Å². The molecule has 1 amide bonds. The molecule has 3 rings (SSSR count). The van der Waals surface area contributed by atoms with Gasteiger partial charge in [0.05, 0.1) is 23.1 Å². The Kier molecular flexibility index (Phi) is 4.42. The molecule has 22 heavy (non-hydrogen) atoms. The molecule has 0 aliphatic carbocycles. The average molecular weight is 338 g/mol. The van der Waals surface area contributed by atoms with Crippen molar-refractivity contribution >= 4 is 29.3 Å². The standard InChI is InChI=1S/C15H16ClN3O2S/c16-11-3-1-10(2-4-11)13-12(7-18-19-13)14(20)17-8-15(21)5-6-22-9-15/h1-4,7,21H,5-6,8-9H2,(H,17,20)(H,18,19). The molecule has 1 fully saturated rings. The Bertz CT molecular complexity index is 666. The second kappa shape index (κ2) is 6.32. The summed E-state index contributed by atoms with van der Waals surface area (Å²) in [6.45, 7) is 0.254. The van der Waals surface area contributed by atoms with E-state index in [1.807, 2.05) is 12.1 Å². The quantitative estimate of drug-likeness (QED) is 0.800. The predicted molar refractivity (Wildman–Crippen MR) is 88.3 cm³/mol. The van der Waals surface area contributed by atoms with Crippen LogP contribution in [0.3, 0.4) is 0 Å². The maximum atomic E-state index is 12.4. The summed E-state index contributed by atoms with van der Waals surface area (Å²) < 4.78 is 0. The molecule has 1 saturated heterocycles. The molecule has 0 bridgehead atoms. The third kappa shape index (κ3) is 3.29. The zero-order chi connectivity index (χ0) is 15.6. The number of nitrogens with one attached hydrogen (secondary N) is 2. The molecule has 1 aliphatic rings. The smallest absolute Gasteiger partial charge is 0.255 e. The largest absolute Gasteiger partial charge is 0.387 e. The lowest BCUT2D eigenvalue weighted by molar-refractivity contribution is 0.0613. The van der Waals surface area contributed by atoms with Gasteiger partial charge in [-0.1, -0.05) is 23.7 Å². The Morgan fingerprint density at radius 2 is 2.23 bits per heavy atom. The molecule has 2 heterocycles. The molecular formula is C15H16ClN3O2S. The third-order valence-corrected chi connectivity index (χ3v) is 5.16. The minimum absolute atomic E-state index is 0.246. The first kappa shape index (κ1) is 15.4. The van der Waals surface area contributed by atoms with Crippen molar-refractivity contribution in [3.05, 3.63) is 41.0 Å². The number of amides is 1. The zero-order valence-corrected chi connectivity index (χ0v) is 13.4. The summed E-state index contributed by atoms with van der Waals surface area (Å²) in [5.41, 5.74) is 1.13. The van der Waals surface area contributed by atoms with Gasteiger partial charge in [-0.05, 0) is 24.3 Å².